The second-order valence-corrected chi connectivity index (χ2v) is 6.22. The van der Waals surface area contributed by atoms with Crippen LogP contribution in [0.25, 0.3) is 5.69 Å². The number of nitrogens with zero attached hydrogens (tertiary/aromatic N) is 2. The van der Waals surface area contributed by atoms with Gasteiger partial charge in [-0.15, -0.1) is 0 Å². The number of halogens is 1. The summed E-state index contributed by atoms with van der Waals surface area (Å²) in [6.45, 7) is 0. The van der Waals surface area contributed by atoms with Crippen LogP contribution in [0.4, 0.5) is 10.2 Å². The molecule has 138 valence electrons. The number of carbonyl (C=O) groups excluding carboxylic acids is 1. The zero-order valence-electron chi connectivity index (χ0n) is 14.9. The minimum Gasteiger partial charge on any atom is -0.493 e. The Morgan fingerprint density at radius 3 is 2.59 bits per heavy atom. The Hall–Kier alpha value is -3.35. The number of methoxy groups -OCH3 is 2. The molecule has 0 bridgehead atoms. The largest absolute Gasteiger partial charge is 0.493 e. The molecule has 0 radical (unpaired) electrons. The second kappa shape index (κ2) is 6.75. The fourth-order valence-corrected chi connectivity index (χ4v) is 3.46. The Balaban J connectivity index is 1.84. The van der Waals surface area contributed by atoms with E-state index in [4.69, 9.17) is 9.47 Å². The number of para-hydroxylation sites is 1. The summed E-state index contributed by atoms with van der Waals surface area (Å²) in [4.78, 5) is 12.4. The predicted molar refractivity (Wildman–Crippen MR) is 98.2 cm³/mol. The molecule has 27 heavy (non-hydrogen) atoms. The molecule has 2 aromatic carbocycles. The Labute approximate surface area is 155 Å². The van der Waals surface area contributed by atoms with Gasteiger partial charge in [0.15, 0.2) is 11.5 Å². The van der Waals surface area contributed by atoms with Gasteiger partial charge in [0.1, 0.15) is 11.6 Å². The van der Waals surface area contributed by atoms with Gasteiger partial charge in [-0.2, -0.15) is 5.10 Å². The normalized spacial score (nSPS) is 15.8. The van der Waals surface area contributed by atoms with E-state index < -0.39 is 0 Å². The van der Waals surface area contributed by atoms with Gasteiger partial charge in [0.2, 0.25) is 5.91 Å². The molecule has 1 aromatic heterocycles. The molecule has 1 unspecified atom stereocenters. The van der Waals surface area contributed by atoms with E-state index in [0.717, 1.165) is 11.1 Å². The first-order chi connectivity index (χ1) is 13.1. The summed E-state index contributed by atoms with van der Waals surface area (Å²) in [6.07, 6.45) is 1.99. The Kier molecular flexibility index (Phi) is 4.27. The molecule has 1 aliphatic rings. The molecule has 1 amide bonds. The van der Waals surface area contributed by atoms with Crippen molar-refractivity contribution in [3.8, 4) is 17.2 Å². The van der Waals surface area contributed by atoms with E-state index in [1.54, 1.807) is 37.2 Å². The Bertz CT molecular complexity index is 998. The number of ether oxygens (including phenoxy) is 2. The van der Waals surface area contributed by atoms with Crippen LogP contribution in [0.5, 0.6) is 11.5 Å². The molecule has 0 fully saturated rings. The predicted octanol–water partition coefficient (Wildman–Crippen LogP) is 3.50. The minimum absolute atomic E-state index is 0.124. The lowest BCUT2D eigenvalue weighted by molar-refractivity contribution is -0.116. The zero-order chi connectivity index (χ0) is 19.0. The maximum atomic E-state index is 13.2. The number of amides is 1. The van der Waals surface area contributed by atoms with Crippen molar-refractivity contribution < 1.29 is 18.7 Å². The smallest absolute Gasteiger partial charge is 0.226 e. The summed E-state index contributed by atoms with van der Waals surface area (Å²) in [5.41, 5.74) is 2.38. The lowest BCUT2D eigenvalue weighted by atomic mass is 9.86. The van der Waals surface area contributed by atoms with Gasteiger partial charge in [-0.25, -0.2) is 9.07 Å². The average Bonchev–Trinajstić information content (AvgIpc) is 3.11. The first-order valence-corrected chi connectivity index (χ1v) is 8.47. The molecular formula is C20H18FN3O3. The average molecular weight is 367 g/mol. The molecule has 7 heteroatoms. The first kappa shape index (κ1) is 17.1. The van der Waals surface area contributed by atoms with Crippen LogP contribution in [0.15, 0.2) is 48.7 Å². The monoisotopic (exact) mass is 367 g/mol. The van der Waals surface area contributed by atoms with Crippen molar-refractivity contribution in [2.45, 2.75) is 12.3 Å². The molecule has 1 N–H and O–H groups in total. The third-order valence-corrected chi connectivity index (χ3v) is 4.70. The van der Waals surface area contributed by atoms with Crippen LogP contribution >= 0.6 is 0 Å². The van der Waals surface area contributed by atoms with Crippen LogP contribution < -0.4 is 14.8 Å². The second-order valence-electron chi connectivity index (χ2n) is 6.22. The first-order valence-electron chi connectivity index (χ1n) is 8.47. The molecule has 3 aromatic rings. The number of nitrogens with one attached hydrogen (secondary N) is 1. The molecule has 1 aliphatic heterocycles. The number of fused-ring (bicyclic) bond motifs is 1. The lowest BCUT2D eigenvalue weighted by Gasteiger charge is -2.25. The number of anilines is 1. The molecule has 4 rings (SSSR count). The summed E-state index contributed by atoms with van der Waals surface area (Å²) < 4.78 is 25.8. The van der Waals surface area contributed by atoms with Crippen LogP contribution in [-0.2, 0) is 4.79 Å². The number of aromatic nitrogens is 2. The maximum absolute atomic E-state index is 13.2. The summed E-state index contributed by atoms with van der Waals surface area (Å²) in [5, 5.41) is 7.30. The van der Waals surface area contributed by atoms with Gasteiger partial charge in [-0.1, -0.05) is 12.1 Å². The Morgan fingerprint density at radius 1 is 1.11 bits per heavy atom. The number of rotatable bonds is 4. The molecule has 1 atom stereocenters. The highest BCUT2D eigenvalue weighted by Gasteiger charge is 2.32. The highest BCUT2D eigenvalue weighted by molar-refractivity contribution is 5.94. The van der Waals surface area contributed by atoms with Crippen LogP contribution in [-0.4, -0.2) is 29.9 Å². The molecule has 0 spiro atoms. The van der Waals surface area contributed by atoms with Crippen molar-refractivity contribution in [1.29, 1.82) is 0 Å². The summed E-state index contributed by atoms with van der Waals surface area (Å²) in [6, 6.07) is 11.5. The molecule has 0 saturated carbocycles. The topological polar surface area (TPSA) is 65.4 Å². The van der Waals surface area contributed by atoms with Gasteiger partial charge < -0.3 is 14.8 Å². The van der Waals surface area contributed by atoms with Gasteiger partial charge in [-0.05, 0) is 30.3 Å². The van der Waals surface area contributed by atoms with E-state index in [0.29, 0.717) is 23.0 Å². The quantitative estimate of drug-likeness (QED) is 0.766. The van der Waals surface area contributed by atoms with Crippen molar-refractivity contribution in [3.63, 3.8) is 0 Å². The van der Waals surface area contributed by atoms with Crippen molar-refractivity contribution in [3.05, 3.63) is 65.6 Å². The van der Waals surface area contributed by atoms with E-state index in [9.17, 15) is 9.18 Å². The Morgan fingerprint density at radius 2 is 1.89 bits per heavy atom. The third kappa shape index (κ3) is 2.91. The highest BCUT2D eigenvalue weighted by atomic mass is 19.1. The highest BCUT2D eigenvalue weighted by Crippen LogP contribution is 2.44. The van der Waals surface area contributed by atoms with E-state index in [1.165, 1.54) is 12.1 Å². The summed E-state index contributed by atoms with van der Waals surface area (Å²) in [5.74, 6) is 1.10. The standard InChI is InChI=1S/C20H18FN3O3/c1-26-17-5-3-4-14(19(17)27-2)15-10-18(25)23-20-16(15)11-22-24(20)13-8-6-12(21)7-9-13/h3-9,11,15H,10H2,1-2H3,(H,23,25). The van der Waals surface area contributed by atoms with Crippen LogP contribution in [0.2, 0.25) is 0 Å². The molecule has 0 aliphatic carbocycles. The fraction of sp³-hybridized carbons (Fsp3) is 0.200. The molecular weight excluding hydrogens is 349 g/mol. The molecule has 6 nitrogen and oxygen atoms in total. The van der Waals surface area contributed by atoms with Crippen molar-refractivity contribution in [2.24, 2.45) is 0 Å². The summed E-state index contributed by atoms with van der Waals surface area (Å²) >= 11 is 0. The summed E-state index contributed by atoms with van der Waals surface area (Å²) in [7, 11) is 3.15. The zero-order valence-corrected chi connectivity index (χ0v) is 14.9. The van der Waals surface area contributed by atoms with E-state index in [1.807, 2.05) is 18.2 Å². The van der Waals surface area contributed by atoms with E-state index in [-0.39, 0.29) is 24.1 Å². The van der Waals surface area contributed by atoms with E-state index in [2.05, 4.69) is 10.4 Å². The fourth-order valence-electron chi connectivity index (χ4n) is 3.46. The SMILES string of the molecule is COc1cccc(C2CC(=O)Nc3c2cnn3-c2ccc(F)cc2)c1OC. The van der Waals surface area contributed by atoms with Gasteiger partial charge in [-0.3, -0.25) is 4.79 Å². The van der Waals surface area contributed by atoms with Crippen LogP contribution in [0.1, 0.15) is 23.5 Å². The van der Waals surface area contributed by atoms with Crippen molar-refractivity contribution >= 4 is 11.7 Å². The minimum atomic E-state index is -0.331. The van der Waals surface area contributed by atoms with Gasteiger partial charge in [0, 0.05) is 23.5 Å². The number of carbonyl (C=O) groups is 1. The van der Waals surface area contributed by atoms with E-state index >= 15 is 0 Å². The third-order valence-electron chi connectivity index (χ3n) is 4.70. The number of hydrogen-bond donors (Lipinski definition) is 1. The van der Waals surface area contributed by atoms with Gasteiger partial charge >= 0.3 is 0 Å². The molecule has 2 heterocycles. The van der Waals surface area contributed by atoms with Gasteiger partial charge in [0.25, 0.3) is 0 Å². The van der Waals surface area contributed by atoms with Crippen molar-refractivity contribution in [2.75, 3.05) is 19.5 Å². The number of hydrogen-bond acceptors (Lipinski definition) is 4. The van der Waals surface area contributed by atoms with Crippen LogP contribution in [0, 0.1) is 5.82 Å². The van der Waals surface area contributed by atoms with Crippen molar-refractivity contribution in [1.82, 2.24) is 9.78 Å². The maximum Gasteiger partial charge on any atom is 0.226 e. The van der Waals surface area contributed by atoms with Crippen LogP contribution in [0.3, 0.4) is 0 Å². The lowest BCUT2D eigenvalue weighted by Crippen LogP contribution is -2.25. The molecule has 0 saturated heterocycles. The number of benzene rings is 2. The van der Waals surface area contributed by atoms with Gasteiger partial charge in [0.05, 0.1) is 26.1 Å².